The highest BCUT2D eigenvalue weighted by Crippen LogP contribution is 2.52. The average molecular weight is 636 g/mol. The molecule has 11 nitrogen and oxygen atoms in total. The quantitative estimate of drug-likeness (QED) is 0.112. The van der Waals surface area contributed by atoms with Crippen LogP contribution in [-0.2, 0) is 17.0 Å². The van der Waals surface area contributed by atoms with Crippen molar-refractivity contribution in [1.82, 2.24) is 9.91 Å². The van der Waals surface area contributed by atoms with E-state index in [0.717, 1.165) is 9.91 Å². The lowest BCUT2D eigenvalue weighted by Gasteiger charge is -2.18. The van der Waals surface area contributed by atoms with E-state index in [2.05, 4.69) is 15.3 Å². The van der Waals surface area contributed by atoms with Gasteiger partial charge in [0.1, 0.15) is 18.1 Å². The van der Waals surface area contributed by atoms with Gasteiger partial charge in [0.25, 0.3) is 11.6 Å². The molecule has 0 spiro atoms. The number of carbonyl (C=O) groups is 2. The van der Waals surface area contributed by atoms with Gasteiger partial charge in [-0.05, 0) is 70.6 Å². The Balaban J connectivity index is 1.28. The van der Waals surface area contributed by atoms with E-state index in [1.807, 2.05) is 22.6 Å². The zero-order valence-electron chi connectivity index (χ0n) is 18.9. The predicted octanol–water partition coefficient (Wildman–Crippen LogP) is 5.44. The molecule has 1 fully saturated rings. The van der Waals surface area contributed by atoms with E-state index in [1.165, 1.54) is 42.6 Å². The molecule has 3 amide bonds. The van der Waals surface area contributed by atoms with Crippen molar-refractivity contribution in [1.29, 1.82) is 0 Å². The van der Waals surface area contributed by atoms with Gasteiger partial charge >= 0.3 is 17.9 Å². The summed E-state index contributed by atoms with van der Waals surface area (Å²) in [5.41, 5.74) is -1.98. The van der Waals surface area contributed by atoms with Crippen LogP contribution in [-0.4, -0.2) is 45.7 Å². The first-order chi connectivity index (χ1) is 18.0. The van der Waals surface area contributed by atoms with Gasteiger partial charge in [0, 0.05) is 26.8 Å². The third kappa shape index (κ3) is 4.75. The van der Waals surface area contributed by atoms with Gasteiger partial charge in [-0.1, -0.05) is 0 Å². The molecule has 38 heavy (non-hydrogen) atoms. The lowest BCUT2D eigenvalue weighted by atomic mass is 10.0. The number of imide groups is 1. The van der Waals surface area contributed by atoms with Crippen LogP contribution in [0.15, 0.2) is 74.3 Å². The van der Waals surface area contributed by atoms with E-state index in [9.17, 15) is 32.9 Å². The van der Waals surface area contributed by atoms with Gasteiger partial charge in [-0.3, -0.25) is 19.8 Å². The molecule has 0 atom stereocenters. The van der Waals surface area contributed by atoms with Crippen LogP contribution in [0.1, 0.15) is 16.9 Å². The minimum Gasteiger partial charge on any atom is -0.455 e. The molecule has 0 unspecified atom stereocenters. The molecule has 0 bridgehead atoms. The first-order valence-corrected chi connectivity index (χ1v) is 11.9. The van der Waals surface area contributed by atoms with E-state index >= 15 is 0 Å². The summed E-state index contributed by atoms with van der Waals surface area (Å²) in [5, 5.41) is 22.1. The highest BCUT2D eigenvalue weighted by Gasteiger charge is 2.65. The standard InChI is InChI=1S/C23H14F3IN6O5/c24-23(25,26)22(29-30-22)15-7-13(8-16(27)9-15)11-31-20(34)12-32(21(31)35)28-10-18-5-6-19(38-18)14-1-3-17(4-2-14)33(36)37/h1-10H,11-12H2/b28-10+/i27-2. The highest BCUT2D eigenvalue weighted by molar-refractivity contribution is 14.1. The number of carbonyl (C=O) groups excluding carboxylic acids is 2. The summed E-state index contributed by atoms with van der Waals surface area (Å²) in [5.74, 6) is 0.0886. The second-order valence-corrected chi connectivity index (χ2v) is 9.53. The number of furan rings is 1. The molecular formula is C23H14F3IN6O5. The number of halogens is 4. The zero-order chi connectivity index (χ0) is 27.2. The molecule has 194 valence electrons. The molecule has 0 N–H and O–H groups in total. The molecule has 2 aliphatic rings. The maximum absolute atomic E-state index is 13.4. The fourth-order valence-electron chi connectivity index (χ4n) is 3.79. The third-order valence-electron chi connectivity index (χ3n) is 5.75. The van der Waals surface area contributed by atoms with E-state index in [-0.39, 0.29) is 30.1 Å². The van der Waals surface area contributed by atoms with E-state index in [0.29, 0.717) is 20.5 Å². The molecule has 0 saturated carbocycles. The summed E-state index contributed by atoms with van der Waals surface area (Å²) in [4.78, 5) is 36.5. The number of rotatable bonds is 7. The predicted molar refractivity (Wildman–Crippen MR) is 133 cm³/mol. The molecule has 5 rings (SSSR count). The van der Waals surface area contributed by atoms with Crippen molar-refractivity contribution < 1.29 is 32.1 Å². The Bertz CT molecular complexity index is 1510. The van der Waals surface area contributed by atoms with Crippen LogP contribution in [0.2, 0.25) is 0 Å². The summed E-state index contributed by atoms with van der Waals surface area (Å²) in [6, 6.07) is 12.2. The number of hydrazone groups is 1. The van der Waals surface area contributed by atoms with Crippen molar-refractivity contribution in [2.45, 2.75) is 18.4 Å². The largest absolute Gasteiger partial charge is 0.455 e. The molecule has 1 saturated heterocycles. The Morgan fingerprint density at radius 2 is 1.84 bits per heavy atom. The smallest absolute Gasteiger partial charge is 0.442 e. The van der Waals surface area contributed by atoms with Crippen molar-refractivity contribution in [3.8, 4) is 11.3 Å². The van der Waals surface area contributed by atoms with E-state index in [4.69, 9.17) is 4.42 Å². The Morgan fingerprint density at radius 1 is 1.13 bits per heavy atom. The molecule has 3 heterocycles. The van der Waals surface area contributed by atoms with Crippen molar-refractivity contribution in [2.75, 3.05) is 6.54 Å². The van der Waals surface area contributed by atoms with Crippen molar-refractivity contribution in [2.24, 2.45) is 15.3 Å². The second kappa shape index (κ2) is 9.30. The molecule has 0 radical (unpaired) electrons. The Hall–Kier alpha value is -4.15. The topological polar surface area (TPSA) is 134 Å². The fraction of sp³-hybridized carbons (Fsp3) is 0.174. The monoisotopic (exact) mass is 636 g/mol. The second-order valence-electron chi connectivity index (χ2n) is 8.29. The molecule has 1 aromatic heterocycles. The third-order valence-corrected chi connectivity index (χ3v) is 6.37. The number of alkyl halides is 3. The lowest BCUT2D eigenvalue weighted by molar-refractivity contribution is -0.384. The van der Waals surface area contributed by atoms with Gasteiger partial charge in [0.05, 0.1) is 17.7 Å². The average Bonchev–Trinajstić information content (AvgIpc) is 3.50. The Labute approximate surface area is 224 Å². The van der Waals surface area contributed by atoms with Crippen LogP contribution in [0, 0.1) is 13.7 Å². The molecule has 15 heteroatoms. The lowest BCUT2D eigenvalue weighted by Crippen LogP contribution is -2.32. The summed E-state index contributed by atoms with van der Waals surface area (Å²) in [7, 11) is 0. The van der Waals surface area contributed by atoms with Crippen molar-refractivity contribution in [3.05, 3.63) is 85.2 Å². The Morgan fingerprint density at radius 3 is 2.47 bits per heavy atom. The Kier molecular flexibility index (Phi) is 6.24. The number of nitro benzene ring substituents is 1. The summed E-state index contributed by atoms with van der Waals surface area (Å²) >= 11 is 1.85. The van der Waals surface area contributed by atoms with Crippen LogP contribution in [0.4, 0.5) is 23.7 Å². The van der Waals surface area contributed by atoms with Crippen LogP contribution in [0.3, 0.4) is 0 Å². The summed E-state index contributed by atoms with van der Waals surface area (Å²) < 4.78 is 46.4. The summed E-state index contributed by atoms with van der Waals surface area (Å²) in [6.07, 6.45) is -3.47. The number of hydrogen-bond acceptors (Lipinski definition) is 8. The highest BCUT2D eigenvalue weighted by atomic mass is 125. The number of non-ortho nitro benzene ring substituents is 1. The number of benzene rings is 2. The molecule has 3 aromatic rings. The maximum Gasteiger partial charge on any atom is 0.442 e. The van der Waals surface area contributed by atoms with Crippen LogP contribution >= 0.6 is 22.6 Å². The zero-order valence-corrected chi connectivity index (χ0v) is 21.1. The summed E-state index contributed by atoms with van der Waals surface area (Å²) in [6.45, 7) is -0.619. The van der Waals surface area contributed by atoms with Crippen molar-refractivity contribution in [3.63, 3.8) is 0 Å². The van der Waals surface area contributed by atoms with Gasteiger partial charge in [-0.2, -0.15) is 18.3 Å². The van der Waals surface area contributed by atoms with E-state index < -0.39 is 28.7 Å². The maximum atomic E-state index is 13.4. The minimum atomic E-state index is -4.70. The first kappa shape index (κ1) is 25.5. The van der Waals surface area contributed by atoms with E-state index in [1.54, 1.807) is 18.2 Å². The van der Waals surface area contributed by atoms with Gasteiger partial charge in [0.2, 0.25) is 0 Å². The SMILES string of the molecule is O=C1CN(/N=C/c2ccc(-c3ccc([N+](=O)[O-])cc3)o2)C(=O)N1Cc1cc([125I])cc(C2(C(F)(F)F)N=N2)c1. The molecule has 2 aromatic carbocycles. The molecular weight excluding hydrogens is 622 g/mol. The van der Waals surface area contributed by atoms with Gasteiger partial charge in [-0.15, -0.1) is 10.2 Å². The normalized spacial score (nSPS) is 16.6. The minimum absolute atomic E-state index is 0.0669. The number of urea groups is 1. The van der Waals surface area contributed by atoms with Crippen molar-refractivity contribution >= 4 is 46.4 Å². The van der Waals surface area contributed by atoms with Crippen LogP contribution < -0.4 is 0 Å². The van der Waals surface area contributed by atoms with Crippen LogP contribution in [0.5, 0.6) is 0 Å². The first-order valence-electron chi connectivity index (χ1n) is 10.8. The van der Waals surface area contributed by atoms with Gasteiger partial charge in [-0.25, -0.2) is 9.80 Å². The van der Waals surface area contributed by atoms with Crippen LogP contribution in [0.25, 0.3) is 11.3 Å². The van der Waals surface area contributed by atoms with Gasteiger partial charge in [0.15, 0.2) is 0 Å². The number of amides is 3. The van der Waals surface area contributed by atoms with Gasteiger partial charge < -0.3 is 4.42 Å². The number of hydrogen-bond donors (Lipinski definition) is 0. The molecule has 2 aliphatic heterocycles. The number of nitrogens with zero attached hydrogens (tertiary/aromatic N) is 6. The fourth-order valence-corrected chi connectivity index (χ4v) is 4.53. The number of nitro groups is 1. The molecule has 0 aliphatic carbocycles.